The van der Waals surface area contributed by atoms with Gasteiger partial charge in [-0.15, -0.1) is 0 Å². The number of amides is 1. The van der Waals surface area contributed by atoms with Gasteiger partial charge < -0.3 is 20.3 Å². The molecule has 3 atom stereocenters. The predicted octanol–water partition coefficient (Wildman–Crippen LogP) is 4.15. The summed E-state index contributed by atoms with van der Waals surface area (Å²) in [5, 5.41) is 5.78. The van der Waals surface area contributed by atoms with Gasteiger partial charge in [-0.2, -0.15) is 5.10 Å². The first-order chi connectivity index (χ1) is 18.5. The zero-order valence-electron chi connectivity index (χ0n) is 21.6. The van der Waals surface area contributed by atoms with Crippen LogP contribution in [-0.4, -0.2) is 68.7 Å². The van der Waals surface area contributed by atoms with Crippen molar-refractivity contribution >= 4 is 22.8 Å². The summed E-state index contributed by atoms with van der Waals surface area (Å²) in [7, 11) is 3.97. The average molecular weight is 510 g/mol. The zero-order chi connectivity index (χ0) is 26.2. The molecule has 194 valence electrons. The van der Waals surface area contributed by atoms with Crippen LogP contribution in [0.3, 0.4) is 0 Å². The molecule has 1 saturated heterocycles. The van der Waals surface area contributed by atoms with E-state index in [1.807, 2.05) is 89.3 Å². The van der Waals surface area contributed by atoms with Crippen molar-refractivity contribution in [1.29, 1.82) is 0 Å². The summed E-state index contributed by atoms with van der Waals surface area (Å²) >= 11 is 0. The number of nitrogens with two attached hydrogens (primary N) is 1. The summed E-state index contributed by atoms with van der Waals surface area (Å²) in [5.74, 6) is 2.41. The fourth-order valence-electron chi connectivity index (χ4n) is 5.70. The van der Waals surface area contributed by atoms with E-state index in [4.69, 9.17) is 15.6 Å². The maximum Gasteiger partial charge on any atom is 0.246 e. The van der Waals surface area contributed by atoms with Gasteiger partial charge in [0.1, 0.15) is 29.3 Å². The summed E-state index contributed by atoms with van der Waals surface area (Å²) in [6, 6.07) is 17.6. The van der Waals surface area contributed by atoms with Crippen molar-refractivity contribution in [1.82, 2.24) is 29.5 Å². The predicted molar refractivity (Wildman–Crippen MR) is 147 cm³/mol. The largest absolute Gasteiger partial charge is 0.457 e. The summed E-state index contributed by atoms with van der Waals surface area (Å²) in [6.07, 6.45) is 7.03. The molecule has 1 amide bonds. The Hall–Kier alpha value is -4.24. The van der Waals surface area contributed by atoms with Crippen LogP contribution in [0.1, 0.15) is 18.9 Å². The highest BCUT2D eigenvalue weighted by Gasteiger charge is 2.48. The number of likely N-dealkylation sites (N-methyl/N-ethyl adjacent to an activating group) is 1. The Morgan fingerprint density at radius 3 is 2.53 bits per heavy atom. The van der Waals surface area contributed by atoms with Crippen LogP contribution in [0.4, 0.5) is 5.82 Å². The van der Waals surface area contributed by atoms with Gasteiger partial charge >= 0.3 is 0 Å². The molecule has 3 unspecified atom stereocenters. The lowest BCUT2D eigenvalue weighted by atomic mass is 10.1. The minimum atomic E-state index is 0.0335. The van der Waals surface area contributed by atoms with E-state index in [9.17, 15) is 4.79 Å². The van der Waals surface area contributed by atoms with E-state index in [2.05, 4.69) is 9.97 Å². The van der Waals surface area contributed by atoms with Crippen molar-refractivity contribution in [3.05, 3.63) is 73.1 Å². The van der Waals surface area contributed by atoms with Crippen molar-refractivity contribution < 1.29 is 9.53 Å². The minimum absolute atomic E-state index is 0.0335. The number of aromatic nitrogens is 4. The number of anilines is 1. The zero-order valence-corrected chi connectivity index (χ0v) is 21.6. The van der Waals surface area contributed by atoms with Crippen molar-refractivity contribution in [3.63, 3.8) is 0 Å². The normalized spacial score (nSPS) is 20.7. The number of hydrogen-bond acceptors (Lipinski definition) is 7. The van der Waals surface area contributed by atoms with Crippen LogP contribution in [0.5, 0.6) is 11.5 Å². The number of ether oxygens (including phenoxy) is 1. The summed E-state index contributed by atoms with van der Waals surface area (Å²) in [6.45, 7) is 1.52. The van der Waals surface area contributed by atoms with Gasteiger partial charge in [-0.3, -0.25) is 4.79 Å². The third-order valence-electron chi connectivity index (χ3n) is 7.40. The van der Waals surface area contributed by atoms with E-state index < -0.39 is 0 Å². The van der Waals surface area contributed by atoms with E-state index in [0.29, 0.717) is 17.4 Å². The van der Waals surface area contributed by atoms with Gasteiger partial charge in [0.25, 0.3) is 0 Å². The lowest BCUT2D eigenvalue weighted by molar-refractivity contribution is -0.128. The molecule has 6 rings (SSSR count). The number of likely N-dealkylation sites (tertiary alicyclic amines) is 1. The standard InChI is InChI=1S/C29H31N7O2/c1-34(2)14-6-9-25(37)35-17-19-15-23(35)24(16-19)36-29-26(28(30)31-18-32-29)27(33-36)20-10-12-22(13-11-20)38-21-7-4-3-5-8-21/h3-13,18-19,23-24H,14-17H2,1-2H3,(H2,30,31,32)/b9-6+. The van der Waals surface area contributed by atoms with Crippen molar-refractivity contribution in [2.24, 2.45) is 5.92 Å². The molecule has 1 aliphatic heterocycles. The maximum absolute atomic E-state index is 13.0. The Morgan fingerprint density at radius 1 is 1.05 bits per heavy atom. The highest BCUT2D eigenvalue weighted by atomic mass is 16.5. The molecule has 2 aromatic heterocycles. The molecular formula is C29H31N7O2. The molecule has 1 aliphatic carbocycles. The molecule has 3 heterocycles. The van der Waals surface area contributed by atoms with E-state index in [0.717, 1.165) is 54.1 Å². The van der Waals surface area contributed by atoms with Crippen LogP contribution in [0.2, 0.25) is 0 Å². The Morgan fingerprint density at radius 2 is 1.79 bits per heavy atom. The number of rotatable bonds is 7. The molecule has 38 heavy (non-hydrogen) atoms. The number of carbonyl (C=O) groups excluding carboxylic acids is 1. The fourth-order valence-corrected chi connectivity index (χ4v) is 5.70. The summed E-state index contributed by atoms with van der Waals surface area (Å²) in [4.78, 5) is 25.9. The maximum atomic E-state index is 13.0. The Kier molecular flexibility index (Phi) is 6.29. The van der Waals surface area contributed by atoms with Crippen molar-refractivity contribution in [3.8, 4) is 22.8 Å². The third-order valence-corrected chi connectivity index (χ3v) is 7.40. The number of fused-ring (bicyclic) bond motifs is 3. The van der Waals surface area contributed by atoms with Gasteiger partial charge in [0, 0.05) is 24.7 Å². The molecular weight excluding hydrogens is 478 g/mol. The number of hydrogen-bond donors (Lipinski definition) is 1. The SMILES string of the molecule is CN(C)C/C=C/C(=O)N1CC2CC1C(n1nc(-c3ccc(Oc4ccccc4)cc3)c3c(N)ncnc31)C2. The van der Waals surface area contributed by atoms with Crippen molar-refractivity contribution in [2.45, 2.75) is 24.9 Å². The number of para-hydroxylation sites is 1. The Labute approximate surface area is 221 Å². The summed E-state index contributed by atoms with van der Waals surface area (Å²) in [5.41, 5.74) is 8.70. The monoisotopic (exact) mass is 509 g/mol. The van der Waals surface area contributed by atoms with Gasteiger partial charge in [0.15, 0.2) is 5.65 Å². The number of benzene rings is 2. The number of nitrogen functional groups attached to an aromatic ring is 1. The quantitative estimate of drug-likeness (QED) is 0.374. The second kappa shape index (κ2) is 9.90. The van der Waals surface area contributed by atoms with Crippen LogP contribution in [0.25, 0.3) is 22.3 Å². The smallest absolute Gasteiger partial charge is 0.246 e. The topological polar surface area (TPSA) is 102 Å². The average Bonchev–Trinajstić information content (AvgIpc) is 3.63. The Bertz CT molecular complexity index is 1480. The number of piperidine rings is 1. The number of nitrogens with zero attached hydrogens (tertiary/aromatic N) is 6. The van der Waals surface area contributed by atoms with Crippen LogP contribution in [0, 0.1) is 5.92 Å². The molecule has 0 spiro atoms. The molecule has 4 aromatic rings. The molecule has 0 radical (unpaired) electrons. The molecule has 9 nitrogen and oxygen atoms in total. The van der Waals surface area contributed by atoms with E-state index in [1.165, 1.54) is 6.33 Å². The van der Waals surface area contributed by atoms with Crippen molar-refractivity contribution in [2.75, 3.05) is 32.9 Å². The van der Waals surface area contributed by atoms with E-state index in [1.54, 1.807) is 6.08 Å². The van der Waals surface area contributed by atoms with E-state index in [-0.39, 0.29) is 18.0 Å². The summed E-state index contributed by atoms with van der Waals surface area (Å²) < 4.78 is 7.93. The van der Waals surface area contributed by atoms with Gasteiger partial charge in [0.2, 0.25) is 5.91 Å². The minimum Gasteiger partial charge on any atom is -0.457 e. The molecule has 2 aliphatic rings. The molecule has 2 bridgehead atoms. The lowest BCUT2D eigenvalue weighted by Crippen LogP contribution is -2.42. The number of carbonyl (C=O) groups is 1. The molecule has 2 N–H and O–H groups in total. The first kappa shape index (κ1) is 24.1. The molecule has 1 saturated carbocycles. The first-order valence-corrected chi connectivity index (χ1v) is 12.9. The third kappa shape index (κ3) is 4.50. The van der Waals surface area contributed by atoms with Crippen LogP contribution in [0.15, 0.2) is 73.1 Å². The second-order valence-corrected chi connectivity index (χ2v) is 10.3. The van der Waals surface area contributed by atoms with E-state index >= 15 is 0 Å². The Balaban J connectivity index is 1.31. The molecule has 9 heteroatoms. The highest BCUT2D eigenvalue weighted by Crippen LogP contribution is 2.46. The van der Waals surface area contributed by atoms with Gasteiger partial charge in [0.05, 0.1) is 17.5 Å². The van der Waals surface area contributed by atoms with Crippen LogP contribution < -0.4 is 10.5 Å². The van der Waals surface area contributed by atoms with Crippen LogP contribution in [-0.2, 0) is 4.79 Å². The second-order valence-electron chi connectivity index (χ2n) is 10.3. The van der Waals surface area contributed by atoms with Gasteiger partial charge in [-0.1, -0.05) is 24.3 Å². The first-order valence-electron chi connectivity index (χ1n) is 12.9. The van der Waals surface area contributed by atoms with Gasteiger partial charge in [-0.25, -0.2) is 14.6 Å². The van der Waals surface area contributed by atoms with Crippen LogP contribution >= 0.6 is 0 Å². The lowest BCUT2D eigenvalue weighted by Gasteiger charge is -2.32. The fraction of sp³-hybridized carbons (Fsp3) is 0.310. The van der Waals surface area contributed by atoms with Gasteiger partial charge in [-0.05, 0) is 69.3 Å². The molecule has 2 aromatic carbocycles. The molecule has 2 fully saturated rings. The highest BCUT2D eigenvalue weighted by molar-refractivity contribution is 5.98.